The molecule has 106 valence electrons. The highest BCUT2D eigenvalue weighted by Crippen LogP contribution is 2.25. The summed E-state index contributed by atoms with van der Waals surface area (Å²) in [6.07, 6.45) is -3.81. The van der Waals surface area contributed by atoms with Gasteiger partial charge >= 0.3 is 6.18 Å². The zero-order chi connectivity index (χ0) is 14.8. The van der Waals surface area contributed by atoms with E-state index >= 15 is 0 Å². The lowest BCUT2D eigenvalue weighted by atomic mass is 10.1. The van der Waals surface area contributed by atoms with Crippen molar-refractivity contribution in [1.29, 1.82) is 0 Å². The van der Waals surface area contributed by atoms with Gasteiger partial charge in [0.25, 0.3) is 0 Å². The molecule has 1 aromatic carbocycles. The number of rotatable bonds is 4. The topological polar surface area (TPSA) is 33.2 Å². The number of fused-ring (bicyclic) bond motifs is 1. The average molecular weight is 282 g/mol. The summed E-state index contributed by atoms with van der Waals surface area (Å²) >= 11 is 0. The molecule has 0 radical (unpaired) electrons. The Morgan fingerprint density at radius 2 is 2.00 bits per heavy atom. The molecular formula is C14H13F3N2O. The molecule has 0 spiro atoms. The quantitative estimate of drug-likeness (QED) is 0.805. The Kier molecular flexibility index (Phi) is 3.92. The first-order valence-electron chi connectivity index (χ1n) is 6.11. The number of alkyl halides is 3. The zero-order valence-electron chi connectivity index (χ0n) is 10.8. The van der Waals surface area contributed by atoms with E-state index < -0.39 is 12.7 Å². The molecule has 1 heterocycles. The van der Waals surface area contributed by atoms with Gasteiger partial charge < -0.3 is 4.90 Å². The van der Waals surface area contributed by atoms with Gasteiger partial charge in [-0.25, -0.2) is 4.98 Å². The molecular weight excluding hydrogens is 269 g/mol. The Balaban J connectivity index is 2.52. The fraction of sp³-hybridized carbons (Fsp3) is 0.286. The summed E-state index contributed by atoms with van der Waals surface area (Å²) < 4.78 is 37.7. The number of para-hydroxylation sites is 1. The summed E-state index contributed by atoms with van der Waals surface area (Å²) in [4.78, 5) is 16.4. The molecule has 1 aromatic heterocycles. The van der Waals surface area contributed by atoms with Crippen LogP contribution in [-0.2, 0) is 0 Å². The Morgan fingerprint density at radius 1 is 1.30 bits per heavy atom. The SMILES string of the molecule is CCN(CC(F)(F)F)c1nc2ccccc2cc1C=O. The van der Waals surface area contributed by atoms with Crippen LogP contribution >= 0.6 is 0 Å². The largest absolute Gasteiger partial charge is 0.405 e. The second kappa shape index (κ2) is 5.48. The lowest BCUT2D eigenvalue weighted by molar-refractivity contribution is -0.119. The van der Waals surface area contributed by atoms with Crippen LogP contribution in [0.4, 0.5) is 19.0 Å². The molecule has 0 amide bonds. The van der Waals surface area contributed by atoms with Gasteiger partial charge in [-0.2, -0.15) is 13.2 Å². The first-order chi connectivity index (χ1) is 9.44. The van der Waals surface area contributed by atoms with Crippen LogP contribution in [0.5, 0.6) is 0 Å². The highest BCUT2D eigenvalue weighted by Gasteiger charge is 2.31. The molecule has 0 aliphatic heterocycles. The van der Waals surface area contributed by atoms with Crippen molar-refractivity contribution in [3.05, 3.63) is 35.9 Å². The van der Waals surface area contributed by atoms with Crippen LogP contribution in [0.25, 0.3) is 10.9 Å². The van der Waals surface area contributed by atoms with Gasteiger partial charge in [-0.15, -0.1) is 0 Å². The fourth-order valence-corrected chi connectivity index (χ4v) is 2.02. The molecule has 0 unspecified atom stereocenters. The van der Waals surface area contributed by atoms with E-state index in [1.165, 1.54) is 0 Å². The van der Waals surface area contributed by atoms with E-state index in [0.717, 1.165) is 10.3 Å². The predicted molar refractivity (Wildman–Crippen MR) is 71.1 cm³/mol. The van der Waals surface area contributed by atoms with E-state index in [9.17, 15) is 18.0 Å². The standard InChI is InChI=1S/C14H13F3N2O/c1-2-19(9-14(15,16)17)13-11(8-20)7-10-5-3-4-6-12(10)18-13/h3-8H,2,9H2,1H3. The molecule has 0 N–H and O–H groups in total. The van der Waals surface area contributed by atoms with Crippen LogP contribution in [0.2, 0.25) is 0 Å². The minimum Gasteiger partial charge on any atom is -0.347 e. The van der Waals surface area contributed by atoms with Gasteiger partial charge in [-0.3, -0.25) is 4.79 Å². The molecule has 0 fully saturated rings. The number of halogens is 3. The molecule has 0 saturated carbocycles. The van der Waals surface area contributed by atoms with Crippen molar-refractivity contribution < 1.29 is 18.0 Å². The zero-order valence-corrected chi connectivity index (χ0v) is 10.8. The molecule has 2 rings (SSSR count). The summed E-state index contributed by atoms with van der Waals surface area (Å²) in [5.41, 5.74) is 0.725. The summed E-state index contributed by atoms with van der Waals surface area (Å²) in [6.45, 7) is 0.582. The van der Waals surface area contributed by atoms with Gasteiger partial charge in [0.1, 0.15) is 12.4 Å². The van der Waals surface area contributed by atoms with E-state index in [2.05, 4.69) is 4.98 Å². The Hall–Kier alpha value is -2.11. The predicted octanol–water partition coefficient (Wildman–Crippen LogP) is 3.44. The van der Waals surface area contributed by atoms with Gasteiger partial charge in [0.15, 0.2) is 6.29 Å². The Labute approximate surface area is 114 Å². The maximum atomic E-state index is 12.6. The van der Waals surface area contributed by atoms with Gasteiger partial charge in [0.05, 0.1) is 11.1 Å². The Morgan fingerprint density at radius 3 is 2.60 bits per heavy atom. The van der Waals surface area contributed by atoms with Crippen LogP contribution in [0.3, 0.4) is 0 Å². The molecule has 3 nitrogen and oxygen atoms in total. The van der Waals surface area contributed by atoms with Crippen molar-refractivity contribution in [3.8, 4) is 0 Å². The first-order valence-corrected chi connectivity index (χ1v) is 6.11. The van der Waals surface area contributed by atoms with Crippen LogP contribution < -0.4 is 4.90 Å². The average Bonchev–Trinajstić information content (AvgIpc) is 2.42. The third-order valence-corrected chi connectivity index (χ3v) is 2.91. The summed E-state index contributed by atoms with van der Waals surface area (Å²) in [5.74, 6) is 0.0681. The Bertz CT molecular complexity index is 625. The van der Waals surface area contributed by atoms with Crippen LogP contribution in [0, 0.1) is 0 Å². The van der Waals surface area contributed by atoms with E-state index in [4.69, 9.17) is 0 Å². The molecule has 0 aliphatic carbocycles. The molecule has 20 heavy (non-hydrogen) atoms. The smallest absolute Gasteiger partial charge is 0.347 e. The maximum Gasteiger partial charge on any atom is 0.405 e. The van der Waals surface area contributed by atoms with Gasteiger partial charge in [-0.05, 0) is 19.1 Å². The highest BCUT2D eigenvalue weighted by atomic mass is 19.4. The molecule has 6 heteroatoms. The highest BCUT2D eigenvalue weighted by molar-refractivity contribution is 5.91. The van der Waals surface area contributed by atoms with Gasteiger partial charge in [-0.1, -0.05) is 18.2 Å². The van der Waals surface area contributed by atoms with Crippen molar-refractivity contribution in [2.75, 3.05) is 18.0 Å². The minimum absolute atomic E-state index is 0.0681. The van der Waals surface area contributed by atoms with E-state index in [1.54, 1.807) is 37.3 Å². The van der Waals surface area contributed by atoms with Crippen molar-refractivity contribution in [2.24, 2.45) is 0 Å². The number of aldehydes is 1. The maximum absolute atomic E-state index is 12.6. The third kappa shape index (κ3) is 3.07. The number of benzene rings is 1. The van der Waals surface area contributed by atoms with E-state index in [1.807, 2.05) is 0 Å². The molecule has 0 saturated heterocycles. The van der Waals surface area contributed by atoms with Crippen molar-refractivity contribution >= 4 is 23.0 Å². The van der Waals surface area contributed by atoms with Crippen molar-refractivity contribution in [1.82, 2.24) is 4.98 Å². The fourth-order valence-electron chi connectivity index (χ4n) is 2.02. The number of anilines is 1. The second-order valence-corrected chi connectivity index (χ2v) is 4.34. The number of aromatic nitrogens is 1. The number of hydrogen-bond donors (Lipinski definition) is 0. The van der Waals surface area contributed by atoms with Gasteiger partial charge in [0, 0.05) is 11.9 Å². The minimum atomic E-state index is -4.34. The first kappa shape index (κ1) is 14.3. The monoisotopic (exact) mass is 282 g/mol. The number of carbonyl (C=O) groups is 1. The molecule has 0 bridgehead atoms. The second-order valence-electron chi connectivity index (χ2n) is 4.34. The lowest BCUT2D eigenvalue weighted by Crippen LogP contribution is -2.35. The van der Waals surface area contributed by atoms with E-state index in [0.29, 0.717) is 11.8 Å². The summed E-state index contributed by atoms with van der Waals surface area (Å²) in [7, 11) is 0. The van der Waals surface area contributed by atoms with Crippen LogP contribution in [0.15, 0.2) is 30.3 Å². The van der Waals surface area contributed by atoms with Crippen molar-refractivity contribution in [2.45, 2.75) is 13.1 Å². The van der Waals surface area contributed by atoms with Gasteiger partial charge in [0.2, 0.25) is 0 Å². The van der Waals surface area contributed by atoms with Crippen molar-refractivity contribution in [3.63, 3.8) is 0 Å². The van der Waals surface area contributed by atoms with E-state index in [-0.39, 0.29) is 17.9 Å². The third-order valence-electron chi connectivity index (χ3n) is 2.91. The number of hydrogen-bond acceptors (Lipinski definition) is 3. The molecule has 0 atom stereocenters. The number of nitrogens with zero attached hydrogens (tertiary/aromatic N) is 2. The molecule has 2 aromatic rings. The normalized spacial score (nSPS) is 11.6. The summed E-state index contributed by atoms with van der Waals surface area (Å²) in [5, 5.41) is 0.724. The van der Waals surface area contributed by atoms with Crippen LogP contribution in [-0.4, -0.2) is 30.5 Å². The number of pyridine rings is 1. The number of carbonyl (C=O) groups excluding carboxylic acids is 1. The summed E-state index contributed by atoms with van der Waals surface area (Å²) in [6, 6.07) is 8.56. The van der Waals surface area contributed by atoms with Crippen LogP contribution in [0.1, 0.15) is 17.3 Å². The lowest BCUT2D eigenvalue weighted by Gasteiger charge is -2.24. The molecule has 0 aliphatic rings.